The van der Waals surface area contributed by atoms with Crippen LogP contribution in [0, 0.1) is 0 Å². The average molecular weight is 394 g/mol. The average Bonchev–Trinajstić information content (AvgIpc) is 2.73. The van der Waals surface area contributed by atoms with E-state index in [0.717, 1.165) is 11.1 Å². The van der Waals surface area contributed by atoms with Crippen molar-refractivity contribution < 1.29 is 13.5 Å². The summed E-state index contributed by atoms with van der Waals surface area (Å²) in [7, 11) is -3.70. The second kappa shape index (κ2) is 7.83. The van der Waals surface area contributed by atoms with Gasteiger partial charge < -0.3 is 5.11 Å². The largest absolute Gasteiger partial charge is 0.387 e. The number of hydrogen-bond acceptors (Lipinski definition) is 4. The lowest BCUT2D eigenvalue weighted by Gasteiger charge is -2.39. The first-order valence-corrected chi connectivity index (χ1v) is 10.7. The summed E-state index contributed by atoms with van der Waals surface area (Å²) < 4.78 is 28.2. The Morgan fingerprint density at radius 1 is 0.893 bits per heavy atom. The van der Waals surface area contributed by atoms with Crippen molar-refractivity contribution in [2.24, 2.45) is 0 Å². The Hall–Kier alpha value is -2.54. The van der Waals surface area contributed by atoms with Crippen LogP contribution in [0.15, 0.2) is 84.0 Å². The second-order valence-electron chi connectivity index (χ2n) is 6.96. The Labute approximate surface area is 165 Å². The molecule has 2 heterocycles. The lowest BCUT2D eigenvalue weighted by atomic mass is 9.95. The van der Waals surface area contributed by atoms with Gasteiger partial charge in [0.2, 0.25) is 10.0 Å². The highest BCUT2D eigenvalue weighted by Gasteiger charge is 2.43. The molecule has 4 rings (SSSR count). The van der Waals surface area contributed by atoms with Crippen LogP contribution in [0.5, 0.6) is 0 Å². The van der Waals surface area contributed by atoms with Gasteiger partial charge in [0.25, 0.3) is 0 Å². The number of fused-ring (bicyclic) bond motifs is 1. The molecule has 3 aromatic rings. The molecule has 6 heteroatoms. The van der Waals surface area contributed by atoms with E-state index in [1.807, 2.05) is 42.5 Å². The molecule has 28 heavy (non-hydrogen) atoms. The van der Waals surface area contributed by atoms with Crippen molar-refractivity contribution in [2.45, 2.75) is 29.9 Å². The summed E-state index contributed by atoms with van der Waals surface area (Å²) >= 11 is 0. The highest BCUT2D eigenvalue weighted by atomic mass is 32.2. The first kappa shape index (κ1) is 18.8. The van der Waals surface area contributed by atoms with E-state index in [-0.39, 0.29) is 4.90 Å². The fourth-order valence-electron chi connectivity index (χ4n) is 3.77. The van der Waals surface area contributed by atoms with Crippen molar-refractivity contribution in [1.82, 2.24) is 9.29 Å². The maximum absolute atomic E-state index is 13.4. The Balaban J connectivity index is 1.71. The number of aliphatic hydroxyl groups is 1. The predicted molar refractivity (Wildman–Crippen MR) is 107 cm³/mol. The Bertz CT molecular complexity index is 1040. The number of sulfonamides is 1. The van der Waals surface area contributed by atoms with Crippen molar-refractivity contribution in [3.63, 3.8) is 0 Å². The topological polar surface area (TPSA) is 70.5 Å². The molecule has 0 aliphatic carbocycles. The van der Waals surface area contributed by atoms with E-state index >= 15 is 0 Å². The molecule has 0 saturated heterocycles. The lowest BCUT2D eigenvalue weighted by molar-refractivity contribution is 0.0800. The number of pyridine rings is 1. The molecule has 1 aliphatic heterocycles. The molecule has 0 fully saturated rings. The van der Waals surface area contributed by atoms with E-state index in [4.69, 9.17) is 0 Å². The fourth-order valence-corrected chi connectivity index (χ4v) is 5.64. The Morgan fingerprint density at radius 2 is 1.57 bits per heavy atom. The zero-order chi connectivity index (χ0) is 19.6. The van der Waals surface area contributed by atoms with Gasteiger partial charge in [-0.15, -0.1) is 0 Å². The number of aromatic nitrogens is 1. The summed E-state index contributed by atoms with van der Waals surface area (Å²) in [6.45, 7) is 0.313. The van der Waals surface area contributed by atoms with Crippen LogP contribution < -0.4 is 0 Å². The molecule has 0 saturated carbocycles. The number of nitrogens with zero attached hydrogens (tertiary/aromatic N) is 2. The lowest BCUT2D eigenvalue weighted by Crippen LogP contribution is -2.49. The summed E-state index contributed by atoms with van der Waals surface area (Å²) in [6, 6.07) is 19.7. The van der Waals surface area contributed by atoms with Crippen molar-refractivity contribution >= 4 is 10.0 Å². The van der Waals surface area contributed by atoms with Crippen molar-refractivity contribution in [3.05, 3.63) is 95.8 Å². The van der Waals surface area contributed by atoms with Crippen LogP contribution in [0.2, 0.25) is 0 Å². The minimum atomic E-state index is -3.70. The van der Waals surface area contributed by atoms with Crippen LogP contribution in [-0.2, 0) is 22.9 Å². The van der Waals surface area contributed by atoms with Gasteiger partial charge >= 0.3 is 0 Å². The highest BCUT2D eigenvalue weighted by molar-refractivity contribution is 7.89. The minimum Gasteiger partial charge on any atom is -0.387 e. The third-order valence-corrected chi connectivity index (χ3v) is 7.21. The molecule has 1 aromatic heterocycles. The second-order valence-corrected chi connectivity index (χ2v) is 8.82. The van der Waals surface area contributed by atoms with Crippen molar-refractivity contribution in [3.8, 4) is 0 Å². The third kappa shape index (κ3) is 3.58. The molecule has 144 valence electrons. The molecular formula is C22H22N2O3S. The molecule has 5 nitrogen and oxygen atoms in total. The predicted octanol–water partition coefficient (Wildman–Crippen LogP) is 2.97. The molecule has 0 spiro atoms. The van der Waals surface area contributed by atoms with Crippen LogP contribution in [0.1, 0.15) is 22.8 Å². The number of hydrogen-bond donors (Lipinski definition) is 1. The van der Waals surface area contributed by atoms with Crippen LogP contribution in [0.3, 0.4) is 0 Å². The van der Waals surface area contributed by atoms with E-state index in [9.17, 15) is 13.5 Å². The molecular weight excluding hydrogens is 372 g/mol. The van der Waals surface area contributed by atoms with Gasteiger partial charge in [0.05, 0.1) is 17.0 Å². The zero-order valence-electron chi connectivity index (χ0n) is 15.3. The SMILES string of the molecule is O=S1(=O)c2ccccc2[C@H](O)[C@H](Cc2ccncc2)N1CCc1ccccc1. The molecule has 0 amide bonds. The number of benzene rings is 2. The van der Waals surface area contributed by atoms with Crippen molar-refractivity contribution in [2.75, 3.05) is 6.54 Å². The smallest absolute Gasteiger partial charge is 0.243 e. The fraction of sp³-hybridized carbons (Fsp3) is 0.227. The van der Waals surface area contributed by atoms with Gasteiger partial charge in [-0.25, -0.2) is 8.42 Å². The van der Waals surface area contributed by atoms with Crippen LogP contribution in [0.25, 0.3) is 0 Å². The van der Waals surface area contributed by atoms with E-state index in [0.29, 0.717) is 24.9 Å². The summed E-state index contributed by atoms with van der Waals surface area (Å²) in [5.74, 6) is 0. The third-order valence-electron chi connectivity index (χ3n) is 5.22. The highest BCUT2D eigenvalue weighted by Crippen LogP contribution is 2.38. The Morgan fingerprint density at radius 3 is 2.32 bits per heavy atom. The summed E-state index contributed by atoms with van der Waals surface area (Å²) in [4.78, 5) is 4.22. The van der Waals surface area contributed by atoms with Gasteiger partial charge in [0, 0.05) is 24.5 Å². The monoisotopic (exact) mass is 394 g/mol. The molecule has 2 aromatic carbocycles. The van der Waals surface area contributed by atoms with Crippen LogP contribution in [0.4, 0.5) is 0 Å². The number of aliphatic hydroxyl groups excluding tert-OH is 1. The summed E-state index contributed by atoms with van der Waals surface area (Å²) in [5.41, 5.74) is 2.48. The minimum absolute atomic E-state index is 0.196. The molecule has 2 atom stereocenters. The summed E-state index contributed by atoms with van der Waals surface area (Å²) in [5, 5.41) is 11.1. The van der Waals surface area contributed by atoms with Crippen LogP contribution >= 0.6 is 0 Å². The standard InChI is InChI=1S/C22H22N2O3S/c25-22-19-8-4-5-9-21(19)28(26,27)24(15-12-17-6-2-1-3-7-17)20(22)16-18-10-13-23-14-11-18/h1-11,13-14,20,22,25H,12,15-16H2/t20-,22-/m0/s1. The van der Waals surface area contributed by atoms with Crippen molar-refractivity contribution in [1.29, 1.82) is 0 Å². The van der Waals surface area contributed by atoms with Gasteiger partial charge in [0.1, 0.15) is 0 Å². The molecule has 1 N–H and O–H groups in total. The first-order chi connectivity index (χ1) is 13.6. The van der Waals surface area contributed by atoms with Gasteiger partial charge in [-0.2, -0.15) is 4.31 Å². The Kier molecular flexibility index (Phi) is 5.26. The van der Waals surface area contributed by atoms with Gasteiger partial charge in [-0.05, 0) is 42.2 Å². The van der Waals surface area contributed by atoms with E-state index < -0.39 is 22.2 Å². The maximum atomic E-state index is 13.4. The molecule has 1 aliphatic rings. The van der Waals surface area contributed by atoms with Gasteiger partial charge in [0.15, 0.2) is 0 Å². The van der Waals surface area contributed by atoms with Gasteiger partial charge in [-0.3, -0.25) is 4.98 Å². The van der Waals surface area contributed by atoms with Crippen LogP contribution in [-0.4, -0.2) is 35.4 Å². The first-order valence-electron chi connectivity index (χ1n) is 9.29. The van der Waals surface area contributed by atoms with E-state index in [1.54, 1.807) is 36.7 Å². The van der Waals surface area contributed by atoms with E-state index in [1.165, 1.54) is 4.31 Å². The maximum Gasteiger partial charge on any atom is 0.243 e. The normalized spacial score (nSPS) is 21.2. The molecule has 0 unspecified atom stereocenters. The quantitative estimate of drug-likeness (QED) is 0.722. The van der Waals surface area contributed by atoms with E-state index in [2.05, 4.69) is 4.98 Å². The molecule has 0 bridgehead atoms. The molecule has 0 radical (unpaired) electrons. The summed E-state index contributed by atoms with van der Waals surface area (Å²) in [6.07, 6.45) is 3.49. The van der Waals surface area contributed by atoms with Gasteiger partial charge in [-0.1, -0.05) is 48.5 Å². The number of rotatable bonds is 5. The zero-order valence-corrected chi connectivity index (χ0v) is 16.2.